The minimum Gasteiger partial charge on any atom is -0.363 e. The summed E-state index contributed by atoms with van der Waals surface area (Å²) in [5.74, 6) is 3.17. The van der Waals surface area contributed by atoms with Gasteiger partial charge in [0.15, 0.2) is 0 Å². The predicted octanol–water partition coefficient (Wildman–Crippen LogP) is 5.62. The lowest BCUT2D eigenvalue weighted by atomic mass is 9.92. The second-order valence-electron chi connectivity index (χ2n) is 20.3. The average Bonchev–Trinajstić information content (AvgIpc) is 4.04. The van der Waals surface area contributed by atoms with E-state index in [0.717, 1.165) is 146 Å². The summed E-state index contributed by atoms with van der Waals surface area (Å²) in [7, 11) is -6.44. The van der Waals surface area contributed by atoms with Crippen LogP contribution >= 0.6 is 23.2 Å². The number of nitrogens with one attached hydrogen (secondary N) is 2. The molecular weight excluding hydrogens is 944 g/mol. The second kappa shape index (κ2) is 17.7. The fraction of sp³-hybridized carbons (Fsp3) is 0.542. The Kier molecular flexibility index (Phi) is 12.0. The topological polar surface area (TPSA) is 183 Å². The van der Waals surface area contributed by atoms with Crippen molar-refractivity contribution < 1.29 is 16.8 Å². The number of sulfonamides is 2. The Hall–Kier alpha value is -4.46. The minimum atomic E-state index is -3.22. The molecule has 360 valence electrons. The summed E-state index contributed by atoms with van der Waals surface area (Å²) in [4.78, 5) is 37.4. The number of hydrogen-bond donors (Lipinski definition) is 2. The number of aromatic nitrogens is 6. The Labute approximate surface area is 409 Å². The smallest absolute Gasteiger partial charge is 0.208 e. The average molecular weight is 1000 g/mol. The lowest BCUT2D eigenvalue weighted by molar-refractivity contribution is 0.330. The van der Waals surface area contributed by atoms with Crippen LogP contribution in [0.5, 0.6) is 0 Å². The molecule has 2 unspecified atom stereocenters. The van der Waals surface area contributed by atoms with Crippen molar-refractivity contribution in [3.05, 3.63) is 92.3 Å². The van der Waals surface area contributed by atoms with Crippen molar-refractivity contribution in [2.75, 3.05) is 58.3 Å². The third kappa shape index (κ3) is 8.86. The van der Waals surface area contributed by atoms with Crippen molar-refractivity contribution in [1.29, 1.82) is 0 Å². The van der Waals surface area contributed by atoms with Crippen molar-refractivity contribution in [3.63, 3.8) is 0 Å². The number of hydrogen-bond acceptors (Lipinski definition) is 14. The fourth-order valence-electron chi connectivity index (χ4n) is 12.7. The summed E-state index contributed by atoms with van der Waals surface area (Å²) in [6.45, 7) is 9.11. The van der Waals surface area contributed by atoms with E-state index in [1.54, 1.807) is 12.7 Å². The van der Waals surface area contributed by atoms with E-state index < -0.39 is 20.0 Å². The van der Waals surface area contributed by atoms with Crippen LogP contribution in [0, 0.1) is 23.7 Å². The Balaban J connectivity index is 0.000000149. The molecule has 4 aliphatic heterocycles. The van der Waals surface area contributed by atoms with E-state index in [9.17, 15) is 16.8 Å². The molecule has 12 rings (SSSR count). The van der Waals surface area contributed by atoms with Gasteiger partial charge in [-0.2, -0.15) is 0 Å². The second-order valence-corrected chi connectivity index (χ2v) is 24.6. The van der Waals surface area contributed by atoms with Gasteiger partial charge in [0.1, 0.15) is 34.6 Å². The molecule has 2 N–H and O–H groups in total. The molecule has 16 nitrogen and oxygen atoms in total. The number of pyridine rings is 2. The molecule has 8 atom stereocenters. The quantitative estimate of drug-likeness (QED) is 0.208. The van der Waals surface area contributed by atoms with Crippen molar-refractivity contribution in [1.82, 2.24) is 39.3 Å². The first-order valence-electron chi connectivity index (χ1n) is 23.9. The number of fused-ring (bicyclic) bond motifs is 8. The molecule has 2 saturated carbocycles. The molecule has 2 saturated heterocycles. The first-order chi connectivity index (χ1) is 32.5. The number of anilines is 4. The highest BCUT2D eigenvalue weighted by Crippen LogP contribution is 2.44. The van der Waals surface area contributed by atoms with Crippen LogP contribution in [0.3, 0.4) is 0 Å². The van der Waals surface area contributed by atoms with E-state index in [-0.39, 0.29) is 24.2 Å². The zero-order valence-electron chi connectivity index (χ0n) is 38.8. The molecule has 8 aliphatic rings. The Morgan fingerprint density at radius 3 is 1.32 bits per heavy atom. The van der Waals surface area contributed by atoms with Gasteiger partial charge in [0, 0.05) is 123 Å². The van der Waals surface area contributed by atoms with Crippen molar-refractivity contribution in [2.45, 2.75) is 102 Å². The third-order valence-electron chi connectivity index (χ3n) is 15.7. The Morgan fingerprint density at radius 2 is 0.956 bits per heavy atom. The Morgan fingerprint density at radius 1 is 0.574 bits per heavy atom. The number of allylic oxidation sites excluding steroid dienone is 2. The van der Waals surface area contributed by atoms with Gasteiger partial charge >= 0.3 is 0 Å². The van der Waals surface area contributed by atoms with E-state index in [2.05, 4.69) is 87.1 Å². The number of rotatable bonds is 8. The molecule has 8 heterocycles. The van der Waals surface area contributed by atoms with E-state index in [1.807, 2.05) is 12.1 Å². The molecule has 20 heteroatoms. The van der Waals surface area contributed by atoms with Crippen LogP contribution < -0.4 is 29.0 Å². The zero-order chi connectivity index (χ0) is 47.2. The highest BCUT2D eigenvalue weighted by atomic mass is 35.5. The summed E-state index contributed by atoms with van der Waals surface area (Å²) < 4.78 is 53.4. The van der Waals surface area contributed by atoms with E-state index in [4.69, 9.17) is 33.2 Å². The normalized spacial score (nSPS) is 27.7. The SMILES string of the molecule is C[C@@H]1Cc2ncnc(N3C[C@H]4CC[C@@H](C3)C4NS(C)(=O)=O)c2CN1c1cc(Cl)nc2c1C=CC2.C[C@@H]1Cc2ncnc(N3C[C@H]4CC[C@@H](C3)C4NS(C)(=O)=O)c2CN1c1cc(Cl)nc2c1C=CC2. The van der Waals surface area contributed by atoms with Gasteiger partial charge in [-0.25, -0.2) is 56.2 Å². The summed E-state index contributed by atoms with van der Waals surface area (Å²) in [5.41, 5.74) is 11.1. The van der Waals surface area contributed by atoms with Crippen LogP contribution in [-0.2, 0) is 58.8 Å². The lowest BCUT2D eigenvalue weighted by Gasteiger charge is -2.42. The molecule has 0 radical (unpaired) electrons. The predicted molar refractivity (Wildman–Crippen MR) is 267 cm³/mol. The van der Waals surface area contributed by atoms with E-state index in [1.165, 1.54) is 12.5 Å². The van der Waals surface area contributed by atoms with Gasteiger partial charge in [-0.15, -0.1) is 0 Å². The summed E-state index contributed by atoms with van der Waals surface area (Å²) in [5, 5.41) is 1.05. The van der Waals surface area contributed by atoms with Crippen molar-refractivity contribution >= 4 is 78.4 Å². The molecule has 4 bridgehead atoms. The molecule has 4 aromatic heterocycles. The maximum absolute atomic E-state index is 11.9. The molecule has 0 spiro atoms. The molecule has 68 heavy (non-hydrogen) atoms. The lowest BCUT2D eigenvalue weighted by Crippen LogP contribution is -2.53. The zero-order valence-corrected chi connectivity index (χ0v) is 42.0. The maximum Gasteiger partial charge on any atom is 0.208 e. The van der Waals surface area contributed by atoms with E-state index >= 15 is 0 Å². The van der Waals surface area contributed by atoms with Crippen molar-refractivity contribution in [2.24, 2.45) is 23.7 Å². The molecular formula is C48H58Cl2N12O4S2. The van der Waals surface area contributed by atoms with Gasteiger partial charge in [0.2, 0.25) is 20.0 Å². The number of halogens is 2. The van der Waals surface area contributed by atoms with Gasteiger partial charge in [0.25, 0.3) is 0 Å². The van der Waals surface area contributed by atoms with Gasteiger partial charge in [-0.05, 0) is 75.3 Å². The molecule has 0 aromatic carbocycles. The standard InChI is InChI=1S/2C24H29ClN6O2S/c2*1-14-8-20-18(12-31(14)21-9-22(25)28-19-5-3-4-17(19)21)24(27-13-26-20)30-10-15-6-7-16(11-30)23(15)29-34(2,32)33/h2*3-4,9,13-16,23,29H,5-8,10-12H2,1-2H3/t2*14-,15-,16+,23?/m11/s1. The van der Waals surface area contributed by atoms with Crippen LogP contribution in [0.4, 0.5) is 23.0 Å². The van der Waals surface area contributed by atoms with Crippen LogP contribution in [0.15, 0.2) is 36.9 Å². The minimum absolute atomic E-state index is 0.0220. The third-order valence-corrected chi connectivity index (χ3v) is 17.5. The first kappa shape index (κ1) is 46.0. The fourth-order valence-corrected chi connectivity index (χ4v) is 14.9. The largest absolute Gasteiger partial charge is 0.363 e. The Bertz CT molecular complexity index is 2730. The van der Waals surface area contributed by atoms with Gasteiger partial charge in [-0.1, -0.05) is 47.5 Å². The van der Waals surface area contributed by atoms with Crippen LogP contribution in [0.2, 0.25) is 10.3 Å². The monoisotopic (exact) mass is 1000 g/mol. The first-order valence-corrected chi connectivity index (χ1v) is 28.4. The van der Waals surface area contributed by atoms with Gasteiger partial charge < -0.3 is 19.6 Å². The van der Waals surface area contributed by atoms with Crippen LogP contribution in [0.25, 0.3) is 12.2 Å². The molecule has 4 aliphatic carbocycles. The highest BCUT2D eigenvalue weighted by Gasteiger charge is 2.46. The number of piperidine rings is 2. The van der Waals surface area contributed by atoms with Crippen molar-refractivity contribution in [3.8, 4) is 0 Å². The van der Waals surface area contributed by atoms with Gasteiger partial charge in [-0.3, -0.25) is 0 Å². The summed E-state index contributed by atoms with van der Waals surface area (Å²) in [6, 6.07) is 4.54. The molecule has 0 amide bonds. The van der Waals surface area contributed by atoms with Crippen LogP contribution in [-0.4, -0.2) is 110 Å². The van der Waals surface area contributed by atoms with Crippen LogP contribution in [0.1, 0.15) is 84.6 Å². The summed E-state index contributed by atoms with van der Waals surface area (Å²) >= 11 is 12.8. The highest BCUT2D eigenvalue weighted by molar-refractivity contribution is 7.89. The molecule has 4 fully saturated rings. The number of nitrogens with zero attached hydrogens (tertiary/aromatic N) is 10. The van der Waals surface area contributed by atoms with Gasteiger partial charge in [0.05, 0.1) is 35.3 Å². The summed E-state index contributed by atoms with van der Waals surface area (Å²) in [6.07, 6.45) is 21.9. The van der Waals surface area contributed by atoms with E-state index in [0.29, 0.717) is 47.1 Å². The maximum atomic E-state index is 11.9. The molecule has 4 aromatic rings.